The number of hydrogen-bond acceptors (Lipinski definition) is 4. The van der Waals surface area contributed by atoms with E-state index in [9.17, 15) is 4.79 Å². The number of nitrogens with one attached hydrogen (secondary N) is 1. The van der Waals surface area contributed by atoms with Gasteiger partial charge in [0, 0.05) is 12.1 Å². The quantitative estimate of drug-likeness (QED) is 0.529. The molecule has 0 aliphatic carbocycles. The molecule has 0 rings (SSSR count). The summed E-state index contributed by atoms with van der Waals surface area (Å²) < 4.78 is 5.03. The van der Waals surface area contributed by atoms with E-state index in [-0.39, 0.29) is 17.4 Å². The van der Waals surface area contributed by atoms with Gasteiger partial charge in [-0.3, -0.25) is 4.79 Å². The third kappa shape index (κ3) is 7.33. The van der Waals surface area contributed by atoms with E-state index in [1.165, 1.54) is 0 Å². The molecule has 0 aliphatic rings. The highest BCUT2D eigenvalue weighted by atomic mass is 16.5. The Labute approximate surface area is 92.6 Å². The Bertz CT molecular complexity index is 197. The van der Waals surface area contributed by atoms with Gasteiger partial charge in [0.1, 0.15) is 12.6 Å². The second-order valence-electron chi connectivity index (χ2n) is 5.11. The number of nitrogens with two attached hydrogens (primary N) is 1. The van der Waals surface area contributed by atoms with E-state index >= 15 is 0 Å². The molecule has 1 atom stereocenters. The predicted molar refractivity (Wildman–Crippen MR) is 61.5 cm³/mol. The summed E-state index contributed by atoms with van der Waals surface area (Å²) >= 11 is 0. The number of hydrogen-bond donors (Lipinski definition) is 2. The zero-order valence-electron chi connectivity index (χ0n) is 10.5. The molecule has 0 amide bonds. The van der Waals surface area contributed by atoms with Crippen LogP contribution >= 0.6 is 0 Å². The van der Waals surface area contributed by atoms with Crippen molar-refractivity contribution in [2.75, 3.05) is 13.2 Å². The Morgan fingerprint density at radius 2 is 1.93 bits per heavy atom. The lowest BCUT2D eigenvalue weighted by Gasteiger charge is -2.21. The third-order valence-corrected chi connectivity index (χ3v) is 1.99. The molecule has 0 heterocycles. The summed E-state index contributed by atoms with van der Waals surface area (Å²) in [4.78, 5) is 11.3. The lowest BCUT2D eigenvalue weighted by Crippen LogP contribution is -2.41. The van der Waals surface area contributed by atoms with Gasteiger partial charge in [-0.1, -0.05) is 13.8 Å². The average Bonchev–Trinajstić information content (AvgIpc) is 2.09. The first-order chi connectivity index (χ1) is 6.74. The number of carbonyl (C=O) groups is 1. The number of ether oxygens (including phenoxy) is 1. The molecule has 4 nitrogen and oxygen atoms in total. The molecular weight excluding hydrogens is 192 g/mol. The molecule has 0 aromatic heterocycles. The maximum atomic E-state index is 11.3. The first-order valence-electron chi connectivity index (χ1n) is 5.41. The Hall–Kier alpha value is -0.610. The van der Waals surface area contributed by atoms with E-state index < -0.39 is 6.04 Å². The van der Waals surface area contributed by atoms with Crippen LogP contribution in [0.3, 0.4) is 0 Å². The van der Waals surface area contributed by atoms with Crippen LogP contribution in [0.4, 0.5) is 0 Å². The second kappa shape index (κ2) is 6.08. The van der Waals surface area contributed by atoms with Crippen LogP contribution in [0.1, 0.15) is 34.6 Å². The summed E-state index contributed by atoms with van der Waals surface area (Å²) in [7, 11) is 0. The van der Waals surface area contributed by atoms with Crippen LogP contribution in [0.15, 0.2) is 0 Å². The molecule has 0 aliphatic heterocycles. The van der Waals surface area contributed by atoms with E-state index in [4.69, 9.17) is 10.5 Å². The summed E-state index contributed by atoms with van der Waals surface area (Å²) in [6, 6.07) is -0.514. The van der Waals surface area contributed by atoms with Gasteiger partial charge in [0.25, 0.3) is 0 Å². The van der Waals surface area contributed by atoms with E-state index in [0.29, 0.717) is 13.2 Å². The first-order valence-corrected chi connectivity index (χ1v) is 5.41. The van der Waals surface area contributed by atoms with E-state index in [2.05, 4.69) is 26.1 Å². The van der Waals surface area contributed by atoms with Crippen molar-refractivity contribution in [2.24, 2.45) is 11.7 Å². The Balaban J connectivity index is 3.65. The van der Waals surface area contributed by atoms with Crippen LogP contribution in [-0.2, 0) is 9.53 Å². The summed E-state index contributed by atoms with van der Waals surface area (Å²) in [6.07, 6.45) is 0. The SMILES string of the molecule is CC(C)C(N)C(=O)OCCNC(C)(C)C. The van der Waals surface area contributed by atoms with Crippen molar-refractivity contribution < 1.29 is 9.53 Å². The van der Waals surface area contributed by atoms with Crippen LogP contribution in [-0.4, -0.2) is 30.7 Å². The zero-order valence-corrected chi connectivity index (χ0v) is 10.5. The molecule has 0 radical (unpaired) electrons. The molecule has 0 saturated carbocycles. The standard InChI is InChI=1S/C11H24N2O2/c1-8(2)9(12)10(14)15-7-6-13-11(3,4)5/h8-9,13H,6-7,12H2,1-5H3. The van der Waals surface area contributed by atoms with Crippen LogP contribution in [0.2, 0.25) is 0 Å². The topological polar surface area (TPSA) is 64.4 Å². The van der Waals surface area contributed by atoms with Gasteiger partial charge in [-0.2, -0.15) is 0 Å². The first kappa shape index (κ1) is 14.4. The number of carbonyl (C=O) groups excluding carboxylic acids is 1. The predicted octanol–water partition coefficient (Wildman–Crippen LogP) is 0.901. The van der Waals surface area contributed by atoms with E-state index in [1.54, 1.807) is 0 Å². The van der Waals surface area contributed by atoms with Crippen molar-refractivity contribution >= 4 is 5.97 Å². The molecule has 0 aromatic carbocycles. The fourth-order valence-electron chi connectivity index (χ4n) is 0.946. The van der Waals surface area contributed by atoms with Gasteiger partial charge in [-0.05, 0) is 26.7 Å². The molecule has 4 heteroatoms. The highest BCUT2D eigenvalue weighted by molar-refractivity contribution is 5.75. The highest BCUT2D eigenvalue weighted by Gasteiger charge is 2.18. The molecule has 1 unspecified atom stereocenters. The van der Waals surface area contributed by atoms with Crippen LogP contribution in [0.5, 0.6) is 0 Å². The Kier molecular flexibility index (Phi) is 5.83. The maximum absolute atomic E-state index is 11.3. The van der Waals surface area contributed by atoms with Crippen molar-refractivity contribution in [3.8, 4) is 0 Å². The monoisotopic (exact) mass is 216 g/mol. The molecule has 3 N–H and O–H groups in total. The van der Waals surface area contributed by atoms with Gasteiger partial charge in [0.2, 0.25) is 0 Å². The Morgan fingerprint density at radius 1 is 1.40 bits per heavy atom. The van der Waals surface area contributed by atoms with Crippen molar-refractivity contribution in [1.29, 1.82) is 0 Å². The number of esters is 1. The van der Waals surface area contributed by atoms with E-state index in [1.807, 2.05) is 13.8 Å². The van der Waals surface area contributed by atoms with Gasteiger partial charge in [0.15, 0.2) is 0 Å². The minimum atomic E-state index is -0.514. The smallest absolute Gasteiger partial charge is 0.323 e. The minimum Gasteiger partial charge on any atom is -0.463 e. The lowest BCUT2D eigenvalue weighted by molar-refractivity contribution is -0.146. The third-order valence-electron chi connectivity index (χ3n) is 1.99. The zero-order chi connectivity index (χ0) is 12.1. The normalized spacial score (nSPS) is 14.1. The van der Waals surface area contributed by atoms with Crippen LogP contribution in [0, 0.1) is 5.92 Å². The molecule has 0 spiro atoms. The molecule has 0 saturated heterocycles. The van der Waals surface area contributed by atoms with Crippen molar-refractivity contribution in [1.82, 2.24) is 5.32 Å². The summed E-state index contributed by atoms with van der Waals surface area (Å²) in [6.45, 7) is 11.0. The fraction of sp³-hybridized carbons (Fsp3) is 0.909. The highest BCUT2D eigenvalue weighted by Crippen LogP contribution is 2.01. The summed E-state index contributed by atoms with van der Waals surface area (Å²) in [5, 5.41) is 3.23. The second-order valence-corrected chi connectivity index (χ2v) is 5.11. The van der Waals surface area contributed by atoms with Crippen molar-refractivity contribution in [2.45, 2.75) is 46.2 Å². The molecule has 90 valence electrons. The van der Waals surface area contributed by atoms with E-state index in [0.717, 1.165) is 0 Å². The molecule has 0 bridgehead atoms. The molecule has 15 heavy (non-hydrogen) atoms. The van der Waals surface area contributed by atoms with Gasteiger partial charge >= 0.3 is 5.97 Å². The van der Waals surface area contributed by atoms with Gasteiger partial charge < -0.3 is 15.8 Å². The number of rotatable bonds is 5. The minimum absolute atomic E-state index is 0.0482. The summed E-state index contributed by atoms with van der Waals surface area (Å²) in [5.41, 5.74) is 5.68. The van der Waals surface area contributed by atoms with Crippen LogP contribution < -0.4 is 11.1 Å². The lowest BCUT2D eigenvalue weighted by atomic mass is 10.1. The van der Waals surface area contributed by atoms with Crippen molar-refractivity contribution in [3.05, 3.63) is 0 Å². The summed E-state index contributed by atoms with van der Waals surface area (Å²) in [5.74, 6) is -0.200. The molecule has 0 aromatic rings. The Morgan fingerprint density at radius 3 is 2.33 bits per heavy atom. The van der Waals surface area contributed by atoms with Crippen LogP contribution in [0.25, 0.3) is 0 Å². The van der Waals surface area contributed by atoms with Gasteiger partial charge in [-0.15, -0.1) is 0 Å². The molecule has 0 fully saturated rings. The molecular formula is C11H24N2O2. The van der Waals surface area contributed by atoms with Gasteiger partial charge in [-0.25, -0.2) is 0 Å². The fourth-order valence-corrected chi connectivity index (χ4v) is 0.946. The maximum Gasteiger partial charge on any atom is 0.323 e. The van der Waals surface area contributed by atoms with Crippen molar-refractivity contribution in [3.63, 3.8) is 0 Å². The average molecular weight is 216 g/mol. The largest absolute Gasteiger partial charge is 0.463 e. The van der Waals surface area contributed by atoms with Gasteiger partial charge in [0.05, 0.1) is 0 Å².